The summed E-state index contributed by atoms with van der Waals surface area (Å²) in [4.78, 5) is 67.4. The fraction of sp³-hybridized carbons (Fsp3) is 0.256. The van der Waals surface area contributed by atoms with Crippen molar-refractivity contribution in [3.63, 3.8) is 0 Å². The zero-order chi connectivity index (χ0) is 34.0. The second-order valence-corrected chi connectivity index (χ2v) is 12.2. The van der Waals surface area contributed by atoms with E-state index in [2.05, 4.69) is 0 Å². The molecule has 1 saturated carbocycles. The van der Waals surface area contributed by atoms with Gasteiger partial charge in [0.2, 0.25) is 0 Å². The summed E-state index contributed by atoms with van der Waals surface area (Å²) in [6, 6.07) is 33.3. The highest BCUT2D eigenvalue weighted by Gasteiger charge is 2.58. The van der Waals surface area contributed by atoms with Crippen molar-refractivity contribution in [2.45, 2.75) is 19.8 Å². The molecule has 4 aromatic carbocycles. The Hall–Kier alpha value is -5.57. The Bertz CT molecular complexity index is 1480. The highest BCUT2D eigenvalue weighted by Crippen LogP contribution is 2.47. The summed E-state index contributed by atoms with van der Waals surface area (Å²) in [6.45, 7) is 0.200. The number of Topliss-reactive ketones (excluding diaryl/α,β-unsaturated/α-hetero) is 1. The van der Waals surface area contributed by atoms with Crippen LogP contribution in [0, 0.1) is 16.7 Å². The summed E-state index contributed by atoms with van der Waals surface area (Å²) in [5.41, 5.74) is -1.97. The van der Waals surface area contributed by atoms with Gasteiger partial charge in [-0.3, -0.25) is 4.79 Å². The lowest BCUT2D eigenvalue weighted by molar-refractivity contribution is -0.161. The molecule has 0 aromatic heterocycles. The monoisotopic (exact) mass is 648 g/mol. The first kappa shape index (κ1) is 33.8. The van der Waals surface area contributed by atoms with Crippen LogP contribution in [0.3, 0.4) is 0 Å². The van der Waals surface area contributed by atoms with Gasteiger partial charge < -0.3 is 18.9 Å². The molecule has 0 unspecified atom stereocenters. The molecule has 0 N–H and O–H groups in total. The van der Waals surface area contributed by atoms with Crippen molar-refractivity contribution in [3.05, 3.63) is 144 Å². The summed E-state index contributed by atoms with van der Waals surface area (Å²) in [5, 5.41) is 0. The van der Waals surface area contributed by atoms with Crippen molar-refractivity contribution in [3.8, 4) is 0 Å². The number of hydrogen-bond acceptors (Lipinski definition) is 9. The molecule has 0 atom stereocenters. The van der Waals surface area contributed by atoms with Crippen LogP contribution in [0.4, 0.5) is 0 Å². The molecular formula is C39H36O9. The predicted octanol–water partition coefficient (Wildman–Crippen LogP) is 6.39. The Morgan fingerprint density at radius 3 is 0.938 bits per heavy atom. The van der Waals surface area contributed by atoms with Crippen LogP contribution < -0.4 is 0 Å². The van der Waals surface area contributed by atoms with E-state index in [0.717, 1.165) is 0 Å². The first-order valence-electron chi connectivity index (χ1n) is 15.6. The third kappa shape index (κ3) is 8.04. The number of carbonyl (C=O) groups excluding carboxylic acids is 5. The maximum Gasteiger partial charge on any atom is 0.338 e. The molecule has 0 aliphatic heterocycles. The fourth-order valence-electron chi connectivity index (χ4n) is 6.18. The van der Waals surface area contributed by atoms with Gasteiger partial charge in [0.25, 0.3) is 0 Å². The largest absolute Gasteiger partial charge is 0.461 e. The number of carbonyl (C=O) groups is 5. The average Bonchev–Trinajstić information content (AvgIpc) is 3.14. The van der Waals surface area contributed by atoms with Gasteiger partial charge in [-0.2, -0.15) is 0 Å². The summed E-state index contributed by atoms with van der Waals surface area (Å²) in [6.07, 6.45) is 0.383. The summed E-state index contributed by atoms with van der Waals surface area (Å²) >= 11 is 0. The second-order valence-electron chi connectivity index (χ2n) is 12.2. The van der Waals surface area contributed by atoms with Gasteiger partial charge in [0.1, 0.15) is 26.4 Å². The molecule has 0 amide bonds. The van der Waals surface area contributed by atoms with Crippen molar-refractivity contribution in [1.82, 2.24) is 0 Å². The lowest BCUT2D eigenvalue weighted by Gasteiger charge is -2.47. The molecule has 0 bridgehead atoms. The van der Waals surface area contributed by atoms with E-state index in [9.17, 15) is 24.0 Å². The quantitative estimate of drug-likeness (QED) is 0.127. The topological polar surface area (TPSA) is 122 Å². The molecule has 9 heteroatoms. The minimum atomic E-state index is -1.55. The van der Waals surface area contributed by atoms with Crippen LogP contribution >= 0.6 is 0 Å². The van der Waals surface area contributed by atoms with E-state index >= 15 is 0 Å². The summed E-state index contributed by atoms with van der Waals surface area (Å²) in [7, 11) is 0. The van der Waals surface area contributed by atoms with Crippen LogP contribution in [0.15, 0.2) is 121 Å². The van der Waals surface area contributed by atoms with E-state index in [4.69, 9.17) is 18.9 Å². The normalized spacial score (nSPS) is 15.1. The Labute approximate surface area is 278 Å². The molecule has 1 aliphatic rings. The van der Waals surface area contributed by atoms with Gasteiger partial charge in [-0.1, -0.05) is 79.7 Å². The lowest BCUT2D eigenvalue weighted by Crippen LogP contribution is -2.58. The molecule has 4 aromatic rings. The molecule has 9 nitrogen and oxygen atoms in total. The van der Waals surface area contributed by atoms with E-state index in [0.29, 0.717) is 0 Å². The fourth-order valence-corrected chi connectivity index (χ4v) is 6.18. The summed E-state index contributed by atoms with van der Waals surface area (Å²) < 4.78 is 23.0. The number of ketones is 1. The number of hydrogen-bond donors (Lipinski definition) is 0. The SMILES string of the molecule is CC1CC(COC(=O)c2ccccc2)(COC(=O)c2ccccc2)C(=O)C(COC(=O)c2ccccc2)(COC(=O)c2ccccc2)C1. The number of rotatable bonds is 12. The zero-order valence-electron chi connectivity index (χ0n) is 26.5. The molecule has 0 heterocycles. The van der Waals surface area contributed by atoms with Gasteiger partial charge in [0.15, 0.2) is 5.78 Å². The smallest absolute Gasteiger partial charge is 0.338 e. The van der Waals surface area contributed by atoms with E-state index in [-0.39, 0.29) is 41.0 Å². The molecule has 0 saturated heterocycles. The van der Waals surface area contributed by atoms with Crippen molar-refractivity contribution >= 4 is 29.7 Å². The van der Waals surface area contributed by atoms with Gasteiger partial charge >= 0.3 is 23.9 Å². The van der Waals surface area contributed by atoms with E-state index < -0.39 is 66.9 Å². The van der Waals surface area contributed by atoms with Crippen molar-refractivity contribution in [1.29, 1.82) is 0 Å². The zero-order valence-corrected chi connectivity index (χ0v) is 26.5. The number of benzene rings is 4. The molecule has 48 heavy (non-hydrogen) atoms. The molecule has 1 fully saturated rings. The van der Waals surface area contributed by atoms with Crippen LogP contribution in [0.5, 0.6) is 0 Å². The highest BCUT2D eigenvalue weighted by atomic mass is 16.6. The Kier molecular flexibility index (Phi) is 10.8. The van der Waals surface area contributed by atoms with Gasteiger partial charge in [-0.15, -0.1) is 0 Å². The van der Waals surface area contributed by atoms with Crippen LogP contribution in [-0.4, -0.2) is 56.1 Å². The number of esters is 4. The second kappa shape index (κ2) is 15.3. The van der Waals surface area contributed by atoms with Crippen LogP contribution in [0.1, 0.15) is 61.2 Å². The van der Waals surface area contributed by atoms with E-state index in [1.54, 1.807) is 121 Å². The Morgan fingerprint density at radius 2 is 0.708 bits per heavy atom. The summed E-state index contributed by atoms with van der Waals surface area (Å²) in [5.74, 6) is -3.38. The first-order valence-corrected chi connectivity index (χ1v) is 15.6. The van der Waals surface area contributed by atoms with Crippen molar-refractivity contribution in [2.24, 2.45) is 16.7 Å². The highest BCUT2D eigenvalue weighted by molar-refractivity contribution is 5.96. The van der Waals surface area contributed by atoms with Crippen LogP contribution in [-0.2, 0) is 23.7 Å². The molecule has 1 aliphatic carbocycles. The molecule has 0 radical (unpaired) electrons. The molecule has 5 rings (SSSR count). The van der Waals surface area contributed by atoms with Gasteiger partial charge in [0, 0.05) is 0 Å². The van der Waals surface area contributed by atoms with E-state index in [1.165, 1.54) is 0 Å². The minimum absolute atomic E-state index is 0.191. The van der Waals surface area contributed by atoms with Gasteiger partial charge in [-0.25, -0.2) is 19.2 Å². The standard InChI is InChI=1S/C39H36O9/c1-28-22-38(24-45-33(40)29-14-6-2-7-15-29,25-46-34(41)30-16-8-3-9-17-30)37(44)39(23-28,26-47-35(42)31-18-10-4-11-19-31)27-48-36(43)32-20-12-5-13-21-32/h2-21,28H,22-27H2,1H3. The van der Waals surface area contributed by atoms with Gasteiger partial charge in [0.05, 0.1) is 33.1 Å². The minimum Gasteiger partial charge on any atom is -0.461 e. The maximum atomic E-state index is 14.9. The first-order chi connectivity index (χ1) is 23.2. The van der Waals surface area contributed by atoms with Crippen molar-refractivity contribution < 1.29 is 42.9 Å². The predicted molar refractivity (Wildman–Crippen MR) is 175 cm³/mol. The van der Waals surface area contributed by atoms with E-state index in [1.807, 2.05) is 6.92 Å². The third-order valence-corrected chi connectivity index (χ3v) is 8.40. The Morgan fingerprint density at radius 1 is 0.479 bits per heavy atom. The van der Waals surface area contributed by atoms with Crippen LogP contribution in [0.25, 0.3) is 0 Å². The average molecular weight is 649 g/mol. The third-order valence-electron chi connectivity index (χ3n) is 8.40. The van der Waals surface area contributed by atoms with Gasteiger partial charge in [-0.05, 0) is 67.3 Å². The van der Waals surface area contributed by atoms with Crippen LogP contribution in [0.2, 0.25) is 0 Å². The van der Waals surface area contributed by atoms with Crippen molar-refractivity contribution in [2.75, 3.05) is 26.4 Å². The lowest BCUT2D eigenvalue weighted by atomic mass is 9.58. The molecule has 0 spiro atoms. The number of ether oxygens (including phenoxy) is 4. The maximum absolute atomic E-state index is 14.9. The molecule has 246 valence electrons. The molecular weight excluding hydrogens is 612 g/mol. The Balaban J connectivity index is 1.48.